The molecule has 1 nitrogen and oxygen atoms in total. The van der Waals surface area contributed by atoms with Crippen LogP contribution in [0.5, 0.6) is 0 Å². The van der Waals surface area contributed by atoms with Crippen molar-refractivity contribution in [2.45, 2.75) is 26.1 Å². The van der Waals surface area contributed by atoms with E-state index in [1.165, 1.54) is 8.05 Å². The van der Waals surface area contributed by atoms with E-state index in [-0.39, 0.29) is 0 Å². The van der Waals surface area contributed by atoms with Crippen molar-refractivity contribution < 1.29 is 0 Å². The molecule has 1 aromatic heterocycles. The number of nitrogens with zero attached hydrogens (tertiary/aromatic N) is 1. The van der Waals surface area contributed by atoms with Gasteiger partial charge in [0.15, 0.2) is 0 Å². The van der Waals surface area contributed by atoms with Crippen LogP contribution in [0.25, 0.3) is 0 Å². The summed E-state index contributed by atoms with van der Waals surface area (Å²) in [5.41, 5.74) is 0. The number of thioether (sulfide) groups is 1. The van der Waals surface area contributed by atoms with Crippen LogP contribution in [0.1, 0.15) is 6.92 Å². The third kappa shape index (κ3) is 2.92. The third-order valence-corrected chi connectivity index (χ3v) is 9.14. The number of aromatic nitrogens is 1. The monoisotopic (exact) mass is 309 g/mol. The van der Waals surface area contributed by atoms with Gasteiger partial charge in [0.25, 0.3) is 0 Å². The molecule has 0 unspecified atom stereocenters. The first-order valence-corrected chi connectivity index (χ1v) is 16.0. The van der Waals surface area contributed by atoms with Gasteiger partial charge >= 0.3 is 87.4 Å². The van der Waals surface area contributed by atoms with Gasteiger partial charge in [-0.2, -0.15) is 0 Å². The Morgan fingerprint density at radius 2 is 2.17 bits per heavy atom. The van der Waals surface area contributed by atoms with Crippen LogP contribution in [-0.4, -0.2) is 29.1 Å². The van der Waals surface area contributed by atoms with E-state index in [0.717, 1.165) is 5.75 Å². The van der Waals surface area contributed by atoms with Gasteiger partial charge < -0.3 is 0 Å². The summed E-state index contributed by atoms with van der Waals surface area (Å²) in [5, 5.41) is 2.26. The van der Waals surface area contributed by atoms with Crippen LogP contribution in [0.3, 0.4) is 0 Å². The molecule has 1 rings (SSSR count). The topological polar surface area (TPSA) is 12.9 Å². The van der Waals surface area contributed by atoms with Crippen LogP contribution in [0, 0.1) is 0 Å². The van der Waals surface area contributed by atoms with Crippen LogP contribution in [0.2, 0.25) is 14.8 Å². The Labute approximate surface area is 86.9 Å². The van der Waals surface area contributed by atoms with E-state index in [1.54, 1.807) is 11.3 Å². The number of hydrogen-bond donors (Lipinski definition) is 0. The van der Waals surface area contributed by atoms with Gasteiger partial charge in [-0.05, 0) is 0 Å². The predicted molar refractivity (Wildman–Crippen MR) is 61.5 cm³/mol. The fraction of sp³-hybridized carbons (Fsp3) is 0.625. The van der Waals surface area contributed by atoms with E-state index >= 15 is 0 Å². The molecule has 0 spiro atoms. The first-order valence-electron chi connectivity index (χ1n) is 4.13. The molecule has 4 heteroatoms. The summed E-state index contributed by atoms with van der Waals surface area (Å²) in [4.78, 5) is 11.9. The Kier molecular flexibility index (Phi) is 3.92. The summed E-state index contributed by atoms with van der Waals surface area (Å²) in [6.45, 7) is 2.17. The van der Waals surface area contributed by atoms with Gasteiger partial charge in [0.1, 0.15) is 0 Å². The predicted octanol–water partition coefficient (Wildman–Crippen LogP) is 2.80. The molecule has 68 valence electrons. The molecular formula is C8H15NS2Sn. The van der Waals surface area contributed by atoms with E-state index in [4.69, 9.17) is 0 Å². The molecule has 0 fully saturated rings. The molecule has 0 N–H and O–H groups in total. The zero-order valence-electron chi connectivity index (χ0n) is 8.05. The molecule has 0 radical (unpaired) electrons. The fourth-order valence-electron chi connectivity index (χ4n) is 0.792. The first-order chi connectivity index (χ1) is 5.54. The average molecular weight is 308 g/mol. The Balaban J connectivity index is 2.77. The Morgan fingerprint density at radius 3 is 2.58 bits per heavy atom. The molecule has 0 saturated heterocycles. The van der Waals surface area contributed by atoms with Gasteiger partial charge in [0.2, 0.25) is 0 Å². The zero-order chi connectivity index (χ0) is 9.19. The van der Waals surface area contributed by atoms with E-state index in [2.05, 4.69) is 32.1 Å². The molecule has 0 aliphatic rings. The standard InChI is InChI=1S/C5H6NS2.3CH3.Sn/c1-2-7-5-6-3-4-8-5;;;;/h4H,2H2,1H3;3*1H3;. The summed E-state index contributed by atoms with van der Waals surface area (Å²) in [5.74, 6) is 1.13. The van der Waals surface area contributed by atoms with Crippen molar-refractivity contribution >= 4 is 45.2 Å². The fourth-order valence-corrected chi connectivity index (χ4v) is 8.01. The molecule has 0 aliphatic carbocycles. The average Bonchev–Trinajstić information content (AvgIpc) is 2.35. The molecule has 1 aromatic rings. The molecule has 12 heavy (non-hydrogen) atoms. The van der Waals surface area contributed by atoms with Crippen LogP contribution >= 0.6 is 23.1 Å². The summed E-state index contributed by atoms with van der Waals surface area (Å²) in [6.07, 6.45) is 0. The summed E-state index contributed by atoms with van der Waals surface area (Å²) in [6, 6.07) is 0. The molecule has 1 heterocycles. The van der Waals surface area contributed by atoms with Crippen LogP contribution < -0.4 is 3.71 Å². The maximum atomic E-state index is 4.65. The van der Waals surface area contributed by atoms with Crippen LogP contribution in [-0.2, 0) is 0 Å². The summed E-state index contributed by atoms with van der Waals surface area (Å²) >= 11 is 1.81. The number of hydrogen-bond acceptors (Lipinski definition) is 3. The Bertz CT molecular complexity index is 252. The van der Waals surface area contributed by atoms with Crippen molar-refractivity contribution in [1.29, 1.82) is 0 Å². The van der Waals surface area contributed by atoms with E-state index in [1.807, 2.05) is 11.8 Å². The van der Waals surface area contributed by atoms with Crippen LogP contribution in [0.15, 0.2) is 9.72 Å². The number of thiazole rings is 1. The van der Waals surface area contributed by atoms with Gasteiger partial charge in [-0.1, -0.05) is 0 Å². The minimum atomic E-state index is -1.85. The van der Waals surface area contributed by atoms with Crippen LogP contribution in [0.4, 0.5) is 0 Å². The molecule has 0 atom stereocenters. The Hall–Kier alpha value is 0.779. The molecule has 0 bridgehead atoms. The third-order valence-electron chi connectivity index (χ3n) is 1.52. The first kappa shape index (κ1) is 10.9. The van der Waals surface area contributed by atoms with E-state index in [9.17, 15) is 0 Å². The van der Waals surface area contributed by atoms with Gasteiger partial charge in [0.05, 0.1) is 0 Å². The normalized spacial score (nSPS) is 12.0. The summed E-state index contributed by atoms with van der Waals surface area (Å²) in [7, 11) is 0. The Morgan fingerprint density at radius 1 is 1.50 bits per heavy atom. The quantitative estimate of drug-likeness (QED) is 0.629. The molecular weight excluding hydrogens is 293 g/mol. The SMILES string of the molecule is CCSc1n[c]([Sn]([CH3])([CH3])[CH3])cs1. The second kappa shape index (κ2) is 4.33. The van der Waals surface area contributed by atoms with Gasteiger partial charge in [-0.3, -0.25) is 0 Å². The van der Waals surface area contributed by atoms with E-state index in [0.29, 0.717) is 0 Å². The van der Waals surface area contributed by atoms with Crippen molar-refractivity contribution in [2.24, 2.45) is 0 Å². The van der Waals surface area contributed by atoms with E-state index < -0.39 is 18.4 Å². The molecule has 0 saturated carbocycles. The molecule has 0 aromatic carbocycles. The van der Waals surface area contributed by atoms with Crippen molar-refractivity contribution in [2.75, 3.05) is 5.75 Å². The zero-order valence-corrected chi connectivity index (χ0v) is 12.5. The van der Waals surface area contributed by atoms with Gasteiger partial charge in [-0.25, -0.2) is 0 Å². The molecule has 0 aliphatic heterocycles. The van der Waals surface area contributed by atoms with Crippen molar-refractivity contribution in [3.05, 3.63) is 5.38 Å². The summed E-state index contributed by atoms with van der Waals surface area (Å²) < 4.78 is 2.67. The molecule has 0 amide bonds. The number of rotatable bonds is 3. The van der Waals surface area contributed by atoms with Gasteiger partial charge in [0, 0.05) is 0 Å². The van der Waals surface area contributed by atoms with Crippen molar-refractivity contribution in [1.82, 2.24) is 4.98 Å². The second-order valence-electron chi connectivity index (χ2n) is 3.68. The maximum absolute atomic E-state index is 4.65. The second-order valence-corrected chi connectivity index (χ2v) is 20.4. The van der Waals surface area contributed by atoms with Crippen molar-refractivity contribution in [3.63, 3.8) is 0 Å². The van der Waals surface area contributed by atoms with Crippen molar-refractivity contribution in [3.8, 4) is 0 Å². The van der Waals surface area contributed by atoms with Gasteiger partial charge in [-0.15, -0.1) is 0 Å². The minimum absolute atomic E-state index is 1.13.